The summed E-state index contributed by atoms with van der Waals surface area (Å²) in [5.41, 5.74) is 6.17. The van der Waals surface area contributed by atoms with Gasteiger partial charge >= 0.3 is 0 Å². The van der Waals surface area contributed by atoms with Crippen LogP contribution in [-0.4, -0.2) is 8.42 Å². The number of anilines is 1. The van der Waals surface area contributed by atoms with E-state index in [9.17, 15) is 12.8 Å². The Kier molecular flexibility index (Phi) is 3.79. The first-order valence-electron chi connectivity index (χ1n) is 5.22. The summed E-state index contributed by atoms with van der Waals surface area (Å²) in [4.78, 5) is 1.11. The van der Waals surface area contributed by atoms with Gasteiger partial charge in [-0.25, -0.2) is 17.9 Å². The number of hydrogen-bond acceptors (Lipinski definition) is 4. The number of rotatable bonds is 3. The van der Waals surface area contributed by atoms with Crippen molar-refractivity contribution in [2.75, 3.05) is 5.73 Å². The Morgan fingerprint density at radius 2 is 1.84 bits per heavy atom. The highest BCUT2D eigenvalue weighted by molar-refractivity contribution is 7.99. The van der Waals surface area contributed by atoms with Gasteiger partial charge in [-0.2, -0.15) is 0 Å². The molecule has 0 aromatic heterocycles. The Bertz CT molecular complexity index is 717. The van der Waals surface area contributed by atoms with Crippen molar-refractivity contribution in [3.8, 4) is 0 Å². The lowest BCUT2D eigenvalue weighted by atomic mass is 10.3. The lowest BCUT2D eigenvalue weighted by molar-refractivity contribution is 0.597. The van der Waals surface area contributed by atoms with Gasteiger partial charge in [0.15, 0.2) is 0 Å². The molecule has 0 spiro atoms. The molecule has 0 saturated carbocycles. The molecule has 0 heterocycles. The zero-order valence-electron chi connectivity index (χ0n) is 9.71. The summed E-state index contributed by atoms with van der Waals surface area (Å²) >= 11 is 1.17. The number of benzene rings is 2. The van der Waals surface area contributed by atoms with Gasteiger partial charge in [0.05, 0.1) is 4.90 Å². The quantitative estimate of drug-likeness (QED) is 0.851. The van der Waals surface area contributed by atoms with Gasteiger partial charge in [0.1, 0.15) is 5.82 Å². The van der Waals surface area contributed by atoms with Gasteiger partial charge in [-0.05, 0) is 36.4 Å². The summed E-state index contributed by atoms with van der Waals surface area (Å²) in [6.07, 6.45) is 0. The second-order valence-corrected chi connectivity index (χ2v) is 6.48. The highest BCUT2D eigenvalue weighted by Gasteiger charge is 2.11. The van der Waals surface area contributed by atoms with Gasteiger partial charge in [-0.3, -0.25) is 0 Å². The van der Waals surface area contributed by atoms with Crippen LogP contribution in [0.2, 0.25) is 0 Å². The van der Waals surface area contributed by atoms with E-state index in [1.54, 1.807) is 12.1 Å². The maximum Gasteiger partial charge on any atom is 0.238 e. The summed E-state index contributed by atoms with van der Waals surface area (Å²) in [5.74, 6) is -0.369. The Labute approximate surface area is 114 Å². The largest absolute Gasteiger partial charge is 0.398 e. The number of nitrogen functional groups attached to an aromatic ring is 1. The molecule has 0 atom stereocenters. The van der Waals surface area contributed by atoms with Crippen molar-refractivity contribution in [3.05, 3.63) is 48.3 Å². The molecule has 0 unspecified atom stereocenters. The smallest absolute Gasteiger partial charge is 0.238 e. The third-order valence-corrected chi connectivity index (χ3v) is 4.31. The molecule has 0 amide bonds. The van der Waals surface area contributed by atoms with Crippen LogP contribution < -0.4 is 10.9 Å². The van der Waals surface area contributed by atoms with Crippen LogP contribution in [0.3, 0.4) is 0 Å². The topological polar surface area (TPSA) is 86.2 Å². The molecule has 4 nitrogen and oxygen atoms in total. The standard InChI is InChI=1S/C12H11FN2O2S2/c13-8-2-1-3-9(6-8)18-12-7-10(19(15,16)17)4-5-11(12)14/h1-7H,14H2,(H2,15,16,17). The maximum atomic E-state index is 13.1. The van der Waals surface area contributed by atoms with Crippen LogP contribution in [0.1, 0.15) is 0 Å². The van der Waals surface area contributed by atoms with Crippen LogP contribution in [0, 0.1) is 5.82 Å². The number of sulfonamides is 1. The van der Waals surface area contributed by atoms with Crippen LogP contribution in [-0.2, 0) is 10.0 Å². The molecule has 19 heavy (non-hydrogen) atoms. The fourth-order valence-electron chi connectivity index (χ4n) is 1.44. The minimum Gasteiger partial charge on any atom is -0.398 e. The second-order valence-electron chi connectivity index (χ2n) is 3.80. The minimum absolute atomic E-state index is 0.0272. The number of halogens is 1. The predicted octanol–water partition coefficient (Wildman–Crippen LogP) is 2.21. The summed E-state index contributed by atoms with van der Waals surface area (Å²) in [6.45, 7) is 0. The van der Waals surface area contributed by atoms with Crippen molar-refractivity contribution in [3.63, 3.8) is 0 Å². The summed E-state index contributed by atoms with van der Waals surface area (Å²) in [6, 6.07) is 10.1. The number of nitrogens with two attached hydrogens (primary N) is 2. The first-order valence-corrected chi connectivity index (χ1v) is 7.58. The first-order chi connectivity index (χ1) is 8.86. The fourth-order valence-corrected chi connectivity index (χ4v) is 3.00. The summed E-state index contributed by atoms with van der Waals surface area (Å²) in [5, 5.41) is 5.06. The van der Waals surface area contributed by atoms with E-state index in [2.05, 4.69) is 0 Å². The third-order valence-electron chi connectivity index (χ3n) is 2.34. The molecular weight excluding hydrogens is 287 g/mol. The van der Waals surface area contributed by atoms with Gasteiger partial charge in [0.2, 0.25) is 10.0 Å². The van der Waals surface area contributed by atoms with Crippen molar-refractivity contribution in [2.24, 2.45) is 5.14 Å². The van der Waals surface area contributed by atoms with E-state index in [0.717, 1.165) is 0 Å². The van der Waals surface area contributed by atoms with Crippen molar-refractivity contribution < 1.29 is 12.8 Å². The Balaban J connectivity index is 2.40. The molecule has 0 aliphatic carbocycles. The molecule has 0 fully saturated rings. The van der Waals surface area contributed by atoms with E-state index in [1.807, 2.05) is 0 Å². The van der Waals surface area contributed by atoms with Gasteiger partial charge < -0.3 is 5.73 Å². The van der Waals surface area contributed by atoms with E-state index in [0.29, 0.717) is 15.5 Å². The molecule has 2 rings (SSSR count). The zero-order valence-corrected chi connectivity index (χ0v) is 11.3. The molecular formula is C12H11FN2O2S2. The van der Waals surface area contributed by atoms with E-state index in [4.69, 9.17) is 10.9 Å². The van der Waals surface area contributed by atoms with Crippen molar-refractivity contribution in [1.82, 2.24) is 0 Å². The van der Waals surface area contributed by atoms with Crippen molar-refractivity contribution >= 4 is 27.5 Å². The van der Waals surface area contributed by atoms with Crippen LogP contribution in [0.5, 0.6) is 0 Å². The molecule has 4 N–H and O–H groups in total. The van der Waals surface area contributed by atoms with E-state index in [1.165, 1.54) is 42.1 Å². The van der Waals surface area contributed by atoms with Crippen LogP contribution in [0.25, 0.3) is 0 Å². The lowest BCUT2D eigenvalue weighted by Gasteiger charge is -2.07. The third kappa shape index (κ3) is 3.46. The second kappa shape index (κ2) is 5.20. The Hall–Kier alpha value is -1.57. The fraction of sp³-hybridized carbons (Fsp3) is 0. The van der Waals surface area contributed by atoms with Gasteiger partial charge in [0.25, 0.3) is 0 Å². The van der Waals surface area contributed by atoms with Gasteiger partial charge in [-0.1, -0.05) is 17.8 Å². The molecule has 2 aromatic carbocycles. The van der Waals surface area contributed by atoms with Crippen molar-refractivity contribution in [1.29, 1.82) is 0 Å². The SMILES string of the molecule is Nc1ccc(S(N)(=O)=O)cc1Sc1cccc(F)c1. The Morgan fingerprint density at radius 1 is 1.11 bits per heavy atom. The van der Waals surface area contributed by atoms with Crippen LogP contribution >= 0.6 is 11.8 Å². The summed E-state index contributed by atoms with van der Waals surface area (Å²) in [7, 11) is -3.79. The highest BCUT2D eigenvalue weighted by Crippen LogP contribution is 2.33. The van der Waals surface area contributed by atoms with Gasteiger partial charge in [0, 0.05) is 15.5 Å². The number of primary sulfonamides is 1. The molecule has 0 aliphatic heterocycles. The molecule has 0 bridgehead atoms. The molecule has 0 aliphatic rings. The zero-order chi connectivity index (χ0) is 14.0. The molecule has 0 radical (unpaired) electrons. The number of hydrogen-bond donors (Lipinski definition) is 2. The van der Waals surface area contributed by atoms with Gasteiger partial charge in [-0.15, -0.1) is 0 Å². The van der Waals surface area contributed by atoms with Crippen LogP contribution in [0.4, 0.5) is 10.1 Å². The molecule has 100 valence electrons. The molecule has 2 aromatic rings. The van der Waals surface area contributed by atoms with E-state index in [-0.39, 0.29) is 10.7 Å². The normalized spacial score (nSPS) is 11.5. The van der Waals surface area contributed by atoms with E-state index >= 15 is 0 Å². The maximum absolute atomic E-state index is 13.1. The predicted molar refractivity (Wildman–Crippen MR) is 72.8 cm³/mol. The lowest BCUT2D eigenvalue weighted by Crippen LogP contribution is -2.12. The Morgan fingerprint density at radius 3 is 2.47 bits per heavy atom. The first kappa shape index (κ1) is 13.9. The minimum atomic E-state index is -3.79. The average molecular weight is 298 g/mol. The monoisotopic (exact) mass is 298 g/mol. The molecule has 0 saturated heterocycles. The average Bonchev–Trinajstić information content (AvgIpc) is 2.30. The van der Waals surface area contributed by atoms with Crippen molar-refractivity contribution in [2.45, 2.75) is 14.7 Å². The van der Waals surface area contributed by atoms with Crippen LogP contribution in [0.15, 0.2) is 57.2 Å². The highest BCUT2D eigenvalue weighted by atomic mass is 32.2. The van der Waals surface area contributed by atoms with E-state index < -0.39 is 10.0 Å². The molecule has 7 heteroatoms. The summed E-state index contributed by atoms with van der Waals surface area (Å²) < 4.78 is 35.6.